The summed E-state index contributed by atoms with van der Waals surface area (Å²) in [4.78, 5) is 25.2. The van der Waals surface area contributed by atoms with Crippen molar-refractivity contribution in [2.75, 3.05) is 11.9 Å². The molecular weight excluding hydrogens is 502 g/mol. The Labute approximate surface area is 206 Å². The molecule has 1 unspecified atom stereocenters. The maximum absolute atomic E-state index is 12.7. The lowest BCUT2D eigenvalue weighted by molar-refractivity contribution is 0.0938. The van der Waals surface area contributed by atoms with E-state index < -0.39 is 0 Å². The zero-order valence-electron chi connectivity index (χ0n) is 18.2. The first-order chi connectivity index (χ1) is 15.9. The first-order valence-corrected chi connectivity index (χ1v) is 11.6. The van der Waals surface area contributed by atoms with Gasteiger partial charge >= 0.3 is 0 Å². The molecule has 0 fully saturated rings. The highest BCUT2D eigenvalue weighted by atomic mass is 79.9. The smallest absolute Gasteiger partial charge is 0.261 e. The van der Waals surface area contributed by atoms with Gasteiger partial charge in [-0.05, 0) is 74.1 Å². The fourth-order valence-electron chi connectivity index (χ4n) is 3.10. The molecule has 0 aliphatic heterocycles. The Kier molecular flexibility index (Phi) is 8.57. The molecule has 0 saturated carbocycles. The highest BCUT2D eigenvalue weighted by Gasteiger charge is 2.15. The van der Waals surface area contributed by atoms with Crippen LogP contribution in [-0.4, -0.2) is 23.5 Å². The Balaban J connectivity index is 1.58. The van der Waals surface area contributed by atoms with Crippen LogP contribution in [0.4, 0.5) is 5.69 Å². The second-order valence-electron chi connectivity index (χ2n) is 7.16. The van der Waals surface area contributed by atoms with Crippen molar-refractivity contribution in [1.29, 1.82) is 0 Å². The molecule has 0 aromatic heterocycles. The number of benzene rings is 3. The van der Waals surface area contributed by atoms with Crippen molar-refractivity contribution in [1.82, 2.24) is 10.6 Å². The molecule has 0 bridgehead atoms. The maximum atomic E-state index is 12.7. The number of carbonyl (C=O) groups is 2. The number of amides is 2. The summed E-state index contributed by atoms with van der Waals surface area (Å²) in [5, 5.41) is 8.73. The number of hydrogen-bond acceptors (Lipinski definition) is 4. The molecule has 0 heterocycles. The lowest BCUT2D eigenvalue weighted by atomic mass is 10.1. The molecular formula is C25H24BrN3O3S. The van der Waals surface area contributed by atoms with Gasteiger partial charge in [-0.15, -0.1) is 0 Å². The molecule has 6 nitrogen and oxygen atoms in total. The van der Waals surface area contributed by atoms with E-state index in [1.807, 2.05) is 44.2 Å². The van der Waals surface area contributed by atoms with Crippen LogP contribution < -0.4 is 20.7 Å². The Morgan fingerprint density at radius 2 is 1.70 bits per heavy atom. The van der Waals surface area contributed by atoms with Gasteiger partial charge in [0.15, 0.2) is 5.11 Å². The Morgan fingerprint density at radius 1 is 1.00 bits per heavy atom. The predicted molar refractivity (Wildman–Crippen MR) is 138 cm³/mol. The molecule has 3 rings (SSSR count). The molecule has 33 heavy (non-hydrogen) atoms. The number of halogens is 1. The van der Waals surface area contributed by atoms with E-state index in [0.29, 0.717) is 29.2 Å². The first kappa shape index (κ1) is 24.4. The molecule has 0 spiro atoms. The lowest BCUT2D eigenvalue weighted by Crippen LogP contribution is -2.34. The fourth-order valence-corrected chi connectivity index (χ4v) is 3.68. The van der Waals surface area contributed by atoms with Gasteiger partial charge in [-0.25, -0.2) is 0 Å². The summed E-state index contributed by atoms with van der Waals surface area (Å²) in [7, 11) is 0. The van der Waals surface area contributed by atoms with E-state index in [1.165, 1.54) is 0 Å². The highest BCUT2D eigenvalue weighted by Crippen LogP contribution is 2.23. The largest absolute Gasteiger partial charge is 0.493 e. The summed E-state index contributed by atoms with van der Waals surface area (Å²) in [6.45, 7) is 4.23. The zero-order valence-corrected chi connectivity index (χ0v) is 20.6. The van der Waals surface area contributed by atoms with Crippen LogP contribution in [0.3, 0.4) is 0 Å². The van der Waals surface area contributed by atoms with E-state index in [-0.39, 0.29) is 23.0 Å². The van der Waals surface area contributed by atoms with E-state index in [9.17, 15) is 9.59 Å². The van der Waals surface area contributed by atoms with E-state index in [0.717, 1.165) is 10.0 Å². The lowest BCUT2D eigenvalue weighted by Gasteiger charge is -2.15. The van der Waals surface area contributed by atoms with Crippen LogP contribution in [-0.2, 0) is 0 Å². The van der Waals surface area contributed by atoms with Crippen LogP contribution in [0.15, 0.2) is 77.3 Å². The Hall–Kier alpha value is -3.23. The molecule has 0 aliphatic rings. The highest BCUT2D eigenvalue weighted by molar-refractivity contribution is 9.10. The molecule has 3 aromatic carbocycles. The van der Waals surface area contributed by atoms with Crippen molar-refractivity contribution >= 4 is 50.8 Å². The quantitative estimate of drug-likeness (QED) is 0.356. The third kappa shape index (κ3) is 6.87. The topological polar surface area (TPSA) is 79.5 Å². The third-order valence-corrected chi connectivity index (χ3v) is 5.46. The molecule has 170 valence electrons. The van der Waals surface area contributed by atoms with Crippen molar-refractivity contribution in [2.24, 2.45) is 0 Å². The molecule has 0 aliphatic carbocycles. The molecule has 1 atom stereocenters. The number of hydrogen-bond donors (Lipinski definition) is 3. The molecule has 3 aromatic rings. The van der Waals surface area contributed by atoms with Crippen LogP contribution in [0.25, 0.3) is 0 Å². The van der Waals surface area contributed by atoms with E-state index in [4.69, 9.17) is 17.0 Å². The van der Waals surface area contributed by atoms with Crippen LogP contribution in [0, 0.1) is 0 Å². The summed E-state index contributed by atoms with van der Waals surface area (Å²) in [6, 6.07) is 21.7. The molecule has 0 saturated heterocycles. The minimum absolute atomic E-state index is 0.112. The fraction of sp³-hybridized carbons (Fsp3) is 0.160. The maximum Gasteiger partial charge on any atom is 0.261 e. The van der Waals surface area contributed by atoms with Gasteiger partial charge in [0.2, 0.25) is 0 Å². The molecule has 8 heteroatoms. The zero-order chi connectivity index (χ0) is 23.8. The number of thiocarbonyl (C=S) groups is 1. The second kappa shape index (κ2) is 11.6. The number of ether oxygens (including phenoxy) is 1. The summed E-state index contributed by atoms with van der Waals surface area (Å²) in [6.07, 6.45) is 0. The van der Waals surface area contributed by atoms with E-state index in [2.05, 4.69) is 31.9 Å². The van der Waals surface area contributed by atoms with E-state index >= 15 is 0 Å². The van der Waals surface area contributed by atoms with Gasteiger partial charge in [-0.1, -0.05) is 46.3 Å². The first-order valence-electron chi connectivity index (χ1n) is 10.4. The van der Waals surface area contributed by atoms with E-state index in [1.54, 1.807) is 42.5 Å². The van der Waals surface area contributed by atoms with Gasteiger partial charge < -0.3 is 15.4 Å². The monoisotopic (exact) mass is 525 g/mol. The Bertz CT molecular complexity index is 1140. The summed E-state index contributed by atoms with van der Waals surface area (Å²) < 4.78 is 6.28. The minimum atomic E-state index is -0.386. The van der Waals surface area contributed by atoms with Crippen molar-refractivity contribution in [3.63, 3.8) is 0 Å². The number of nitrogens with one attached hydrogen (secondary N) is 3. The third-order valence-electron chi connectivity index (χ3n) is 4.77. The van der Waals surface area contributed by atoms with Crippen molar-refractivity contribution in [3.05, 3.63) is 94.0 Å². The number of rotatable bonds is 7. The van der Waals surface area contributed by atoms with Crippen LogP contribution >= 0.6 is 28.1 Å². The number of anilines is 1. The van der Waals surface area contributed by atoms with Crippen LogP contribution in [0.1, 0.15) is 46.2 Å². The molecule has 3 N–H and O–H groups in total. The SMILES string of the molecule is CCOc1ccc(Br)cc1C(=O)NC(=S)Nc1ccc(C(=O)NC(C)c2ccccc2)cc1. The average Bonchev–Trinajstić information content (AvgIpc) is 2.81. The predicted octanol–water partition coefficient (Wildman–Crippen LogP) is 5.47. The minimum Gasteiger partial charge on any atom is -0.493 e. The van der Waals surface area contributed by atoms with Crippen molar-refractivity contribution in [2.45, 2.75) is 19.9 Å². The van der Waals surface area contributed by atoms with Gasteiger partial charge in [0, 0.05) is 15.7 Å². The summed E-state index contributed by atoms with van der Waals surface area (Å²) in [5.74, 6) is -0.0869. The van der Waals surface area contributed by atoms with Gasteiger partial charge in [0.1, 0.15) is 5.75 Å². The normalized spacial score (nSPS) is 11.2. The Morgan fingerprint density at radius 3 is 2.36 bits per heavy atom. The standard InChI is InChI=1S/C25H24BrN3O3S/c1-3-32-22-14-11-19(26)15-21(22)24(31)29-25(33)28-20-12-9-18(10-13-20)23(30)27-16(2)17-7-5-4-6-8-17/h4-16H,3H2,1-2H3,(H,27,30)(H2,28,29,31,33). The van der Waals surface area contributed by atoms with Crippen LogP contribution in [0.5, 0.6) is 5.75 Å². The summed E-state index contributed by atoms with van der Waals surface area (Å²) >= 11 is 8.64. The number of carbonyl (C=O) groups excluding carboxylic acids is 2. The van der Waals surface area contributed by atoms with Crippen molar-refractivity contribution in [3.8, 4) is 5.75 Å². The van der Waals surface area contributed by atoms with Crippen LogP contribution in [0.2, 0.25) is 0 Å². The van der Waals surface area contributed by atoms with Crippen molar-refractivity contribution < 1.29 is 14.3 Å². The second-order valence-corrected chi connectivity index (χ2v) is 8.49. The average molecular weight is 526 g/mol. The van der Waals surface area contributed by atoms with Gasteiger partial charge in [0.05, 0.1) is 18.2 Å². The van der Waals surface area contributed by atoms with Gasteiger partial charge in [0.25, 0.3) is 11.8 Å². The van der Waals surface area contributed by atoms with Gasteiger partial charge in [-0.3, -0.25) is 14.9 Å². The molecule has 0 radical (unpaired) electrons. The van der Waals surface area contributed by atoms with Gasteiger partial charge in [-0.2, -0.15) is 0 Å². The molecule has 2 amide bonds. The summed E-state index contributed by atoms with van der Waals surface area (Å²) in [5.41, 5.74) is 2.57.